The molecule has 172 valence electrons. The van der Waals surface area contributed by atoms with Gasteiger partial charge in [-0.05, 0) is 68.5 Å². The first-order valence-corrected chi connectivity index (χ1v) is 12.4. The highest BCUT2D eigenvalue weighted by Crippen LogP contribution is 2.36. The number of fused-ring (bicyclic) bond motifs is 1. The van der Waals surface area contributed by atoms with Crippen LogP contribution in [0.15, 0.2) is 61.9 Å². The summed E-state index contributed by atoms with van der Waals surface area (Å²) in [6.45, 7) is 7.59. The van der Waals surface area contributed by atoms with E-state index in [1.54, 1.807) is 30.6 Å². The molecule has 0 aliphatic carbocycles. The van der Waals surface area contributed by atoms with Gasteiger partial charge in [-0.3, -0.25) is 9.36 Å². The first kappa shape index (κ1) is 23.5. The van der Waals surface area contributed by atoms with Crippen molar-refractivity contribution in [3.63, 3.8) is 0 Å². The van der Waals surface area contributed by atoms with Crippen LogP contribution >= 0.6 is 33.9 Å². The van der Waals surface area contributed by atoms with Crippen molar-refractivity contribution < 1.29 is 18.7 Å². The summed E-state index contributed by atoms with van der Waals surface area (Å²) in [7, 11) is 0. The van der Waals surface area contributed by atoms with Gasteiger partial charge in [0.05, 0.1) is 28.5 Å². The van der Waals surface area contributed by atoms with Crippen molar-refractivity contribution in [3.05, 3.63) is 82.4 Å². The van der Waals surface area contributed by atoms with E-state index in [1.165, 1.54) is 11.3 Å². The van der Waals surface area contributed by atoms with Crippen LogP contribution < -0.4 is 19.6 Å². The smallest absolute Gasteiger partial charge is 0.338 e. The van der Waals surface area contributed by atoms with E-state index >= 15 is 0 Å². The third-order valence-electron chi connectivity index (χ3n) is 4.96. The Balaban J connectivity index is 1.98. The molecule has 4 rings (SSSR count). The molecule has 1 aliphatic heterocycles. The second kappa shape index (κ2) is 9.68. The third kappa shape index (κ3) is 4.70. The van der Waals surface area contributed by atoms with Crippen molar-refractivity contribution in [1.82, 2.24) is 4.57 Å². The average Bonchev–Trinajstić information content (AvgIpc) is 3.30. The number of allylic oxidation sites excluding steroid dienone is 1. The van der Waals surface area contributed by atoms with Crippen LogP contribution in [-0.2, 0) is 9.53 Å². The summed E-state index contributed by atoms with van der Waals surface area (Å²) < 4.78 is 19.7. The van der Waals surface area contributed by atoms with Crippen LogP contribution in [0.25, 0.3) is 6.08 Å². The molecule has 1 aromatic carbocycles. The van der Waals surface area contributed by atoms with E-state index in [4.69, 9.17) is 13.9 Å². The number of carbonyl (C=O) groups excluding carboxylic acids is 1. The second-order valence-corrected chi connectivity index (χ2v) is 9.72. The average molecular weight is 578 g/mol. The molecule has 7 nitrogen and oxygen atoms in total. The first-order chi connectivity index (χ1) is 15.8. The predicted molar refractivity (Wildman–Crippen MR) is 134 cm³/mol. The number of halogens is 1. The number of furan rings is 1. The molecule has 1 atom stereocenters. The van der Waals surface area contributed by atoms with E-state index in [2.05, 4.69) is 27.6 Å². The minimum Gasteiger partial charge on any atom is -0.491 e. The van der Waals surface area contributed by atoms with Crippen LogP contribution in [0, 0.1) is 3.77 Å². The van der Waals surface area contributed by atoms with Gasteiger partial charge in [0.1, 0.15) is 17.6 Å². The highest BCUT2D eigenvalue weighted by Gasteiger charge is 2.35. The van der Waals surface area contributed by atoms with Crippen LogP contribution in [0.3, 0.4) is 0 Å². The van der Waals surface area contributed by atoms with Gasteiger partial charge in [0.2, 0.25) is 0 Å². The molecule has 0 radical (unpaired) electrons. The van der Waals surface area contributed by atoms with Crippen molar-refractivity contribution in [2.45, 2.75) is 39.8 Å². The van der Waals surface area contributed by atoms with Crippen molar-refractivity contribution in [3.8, 4) is 5.75 Å². The quantitative estimate of drug-likeness (QED) is 0.329. The third-order valence-corrected chi connectivity index (χ3v) is 6.52. The number of para-hydroxylation sites is 1. The Labute approximate surface area is 208 Å². The Hall–Kier alpha value is -2.66. The van der Waals surface area contributed by atoms with Gasteiger partial charge in [-0.25, -0.2) is 9.79 Å². The molecular formula is C24H23IN2O5S. The zero-order valence-electron chi connectivity index (χ0n) is 18.6. The van der Waals surface area contributed by atoms with Crippen LogP contribution in [0.5, 0.6) is 5.75 Å². The molecule has 2 aromatic heterocycles. The monoisotopic (exact) mass is 578 g/mol. The molecule has 0 spiro atoms. The molecule has 0 saturated carbocycles. The van der Waals surface area contributed by atoms with Crippen LogP contribution in [0.1, 0.15) is 45.1 Å². The molecule has 0 bridgehead atoms. The number of hydrogen-bond donors (Lipinski definition) is 0. The summed E-state index contributed by atoms with van der Waals surface area (Å²) >= 11 is 3.33. The maximum atomic E-state index is 13.6. The number of hydrogen-bond acceptors (Lipinski definition) is 7. The molecule has 1 aliphatic rings. The number of aromatic nitrogens is 1. The minimum absolute atomic E-state index is 0.0838. The lowest BCUT2D eigenvalue weighted by molar-refractivity contribution is -0.139. The summed E-state index contributed by atoms with van der Waals surface area (Å²) in [6.07, 6.45) is 1.61. The fourth-order valence-electron chi connectivity index (χ4n) is 3.69. The van der Waals surface area contributed by atoms with E-state index < -0.39 is 12.0 Å². The van der Waals surface area contributed by atoms with Gasteiger partial charge in [0.15, 0.2) is 8.57 Å². The molecule has 0 saturated heterocycles. The van der Waals surface area contributed by atoms with Gasteiger partial charge in [-0.1, -0.05) is 29.5 Å². The molecule has 0 fully saturated rings. The van der Waals surface area contributed by atoms with Crippen molar-refractivity contribution in [2.24, 2.45) is 4.99 Å². The van der Waals surface area contributed by atoms with Gasteiger partial charge in [-0.15, -0.1) is 0 Å². The van der Waals surface area contributed by atoms with E-state index in [0.717, 1.165) is 3.77 Å². The van der Waals surface area contributed by atoms with E-state index in [0.29, 0.717) is 37.7 Å². The topological polar surface area (TPSA) is 83.0 Å². The standard InChI is InChI=1S/C24H23IN2O5S/c1-5-30-23(29)20-14(4)26-24-27(21(20)16-8-6-7-9-17(16)31-13(2)3)22(28)18(33-24)12-15-10-11-19(25)32-15/h6-13,21H,5H2,1-4H3/b18-12+/t21-/m1/s1. The fourth-order valence-corrected chi connectivity index (χ4v) is 5.15. The Bertz CT molecular complexity index is 1410. The van der Waals surface area contributed by atoms with Gasteiger partial charge in [0, 0.05) is 11.6 Å². The normalized spacial score (nSPS) is 16.1. The van der Waals surface area contributed by atoms with Crippen molar-refractivity contribution in [1.29, 1.82) is 0 Å². The Kier molecular flexibility index (Phi) is 6.89. The number of ether oxygens (including phenoxy) is 2. The lowest BCUT2D eigenvalue weighted by Crippen LogP contribution is -2.40. The number of thiazole rings is 1. The lowest BCUT2D eigenvalue weighted by Gasteiger charge is -2.26. The molecule has 0 unspecified atom stereocenters. The Morgan fingerprint density at radius 2 is 2.06 bits per heavy atom. The molecular weight excluding hydrogens is 555 g/mol. The molecule has 0 amide bonds. The number of rotatable bonds is 6. The Morgan fingerprint density at radius 3 is 2.73 bits per heavy atom. The van der Waals surface area contributed by atoms with Crippen LogP contribution in [-0.4, -0.2) is 23.2 Å². The number of nitrogens with zero attached hydrogens (tertiary/aromatic N) is 2. The Morgan fingerprint density at radius 1 is 1.30 bits per heavy atom. The van der Waals surface area contributed by atoms with Crippen LogP contribution in [0.4, 0.5) is 0 Å². The summed E-state index contributed by atoms with van der Waals surface area (Å²) in [6, 6.07) is 10.3. The summed E-state index contributed by atoms with van der Waals surface area (Å²) in [5.74, 6) is 0.674. The van der Waals surface area contributed by atoms with Crippen LogP contribution in [0.2, 0.25) is 0 Å². The van der Waals surface area contributed by atoms with Gasteiger partial charge < -0.3 is 13.9 Å². The maximum Gasteiger partial charge on any atom is 0.338 e. The zero-order valence-corrected chi connectivity index (χ0v) is 21.6. The summed E-state index contributed by atoms with van der Waals surface area (Å²) in [5, 5.41) is 0. The van der Waals surface area contributed by atoms with E-state index in [9.17, 15) is 9.59 Å². The number of esters is 1. The first-order valence-electron chi connectivity index (χ1n) is 10.5. The second-order valence-electron chi connectivity index (χ2n) is 7.65. The fraction of sp³-hybridized carbons (Fsp3) is 0.292. The van der Waals surface area contributed by atoms with Crippen molar-refractivity contribution in [2.75, 3.05) is 6.61 Å². The summed E-state index contributed by atoms with van der Waals surface area (Å²) in [4.78, 5) is 31.7. The lowest BCUT2D eigenvalue weighted by atomic mass is 9.95. The number of carbonyl (C=O) groups is 1. The minimum atomic E-state index is -0.728. The summed E-state index contributed by atoms with van der Waals surface area (Å²) in [5.41, 5.74) is 1.27. The van der Waals surface area contributed by atoms with Crippen molar-refractivity contribution >= 4 is 46.0 Å². The molecule has 0 N–H and O–H groups in total. The molecule has 9 heteroatoms. The molecule has 33 heavy (non-hydrogen) atoms. The highest BCUT2D eigenvalue weighted by atomic mass is 127. The van der Waals surface area contributed by atoms with Gasteiger partial charge in [-0.2, -0.15) is 0 Å². The molecule has 3 heterocycles. The SMILES string of the molecule is CCOC(=O)C1=C(C)N=c2s/c(=C/c3ccc(I)o3)c(=O)n2[C@@H]1c1ccccc1OC(C)C. The zero-order chi connectivity index (χ0) is 23.7. The van der Waals surface area contributed by atoms with E-state index in [1.807, 2.05) is 44.2 Å². The number of benzene rings is 1. The highest BCUT2D eigenvalue weighted by molar-refractivity contribution is 14.1. The predicted octanol–water partition coefficient (Wildman–Crippen LogP) is 3.78. The van der Waals surface area contributed by atoms with Gasteiger partial charge >= 0.3 is 5.97 Å². The maximum absolute atomic E-state index is 13.6. The van der Waals surface area contributed by atoms with Gasteiger partial charge in [0.25, 0.3) is 5.56 Å². The largest absolute Gasteiger partial charge is 0.491 e. The molecule has 3 aromatic rings. The van der Waals surface area contributed by atoms with E-state index in [-0.39, 0.29) is 18.3 Å².